The Morgan fingerprint density at radius 2 is 0.895 bits per heavy atom. The van der Waals surface area contributed by atoms with Gasteiger partial charge >= 0.3 is 0 Å². The molecule has 0 radical (unpaired) electrons. The molecule has 4 aromatic rings. The highest BCUT2D eigenvalue weighted by atomic mass is 14.1. The molecule has 0 aliphatic rings. The third-order valence-corrected chi connectivity index (χ3v) is 5.98. The van der Waals surface area contributed by atoms with Gasteiger partial charge in [0, 0.05) is 0 Å². The van der Waals surface area contributed by atoms with Crippen molar-refractivity contribution in [1.82, 2.24) is 0 Å². The molecule has 0 saturated heterocycles. The van der Waals surface area contributed by atoms with Crippen LogP contribution in [0.4, 0.5) is 0 Å². The first-order valence-electron chi connectivity index (χ1n) is 14.6. The second-order valence-electron chi connectivity index (χ2n) is 7.96. The number of benzene rings is 4. The Morgan fingerprint density at radius 3 is 1.34 bits per heavy atom. The van der Waals surface area contributed by atoms with Gasteiger partial charge in [-0.15, -0.1) is 0 Å². The van der Waals surface area contributed by atoms with Crippen LogP contribution in [0.5, 0.6) is 0 Å². The van der Waals surface area contributed by atoms with E-state index in [0.29, 0.717) is 0 Å². The monoisotopic (exact) mass is 508 g/mol. The van der Waals surface area contributed by atoms with E-state index in [9.17, 15) is 0 Å². The molecule has 0 heteroatoms. The van der Waals surface area contributed by atoms with Crippen molar-refractivity contribution in [3.8, 4) is 0 Å². The van der Waals surface area contributed by atoms with Crippen molar-refractivity contribution >= 4 is 32.7 Å². The molecule has 38 heavy (non-hydrogen) atoms. The summed E-state index contributed by atoms with van der Waals surface area (Å²) in [5.74, 6) is 0. The fraction of sp³-hybridized carbons (Fsp3) is 0.316. The van der Waals surface area contributed by atoms with Gasteiger partial charge in [-0.3, -0.25) is 0 Å². The summed E-state index contributed by atoms with van der Waals surface area (Å²) in [5.41, 5.74) is 7.72. The van der Waals surface area contributed by atoms with Gasteiger partial charge < -0.3 is 0 Å². The lowest BCUT2D eigenvalue weighted by atomic mass is 9.92. The van der Waals surface area contributed by atoms with Crippen molar-refractivity contribution < 1.29 is 0 Å². The van der Waals surface area contributed by atoms with Gasteiger partial charge in [0.25, 0.3) is 0 Å². The molecule has 0 nitrogen and oxygen atoms in total. The fourth-order valence-electron chi connectivity index (χ4n) is 4.12. The van der Waals surface area contributed by atoms with Crippen LogP contribution in [0.15, 0.2) is 108 Å². The summed E-state index contributed by atoms with van der Waals surface area (Å²) in [6.07, 6.45) is 4.53. The first kappa shape index (κ1) is 34.6. The summed E-state index contributed by atoms with van der Waals surface area (Å²) in [4.78, 5) is 0. The smallest absolute Gasteiger partial charge is 0.0178 e. The maximum Gasteiger partial charge on any atom is -0.0178 e. The van der Waals surface area contributed by atoms with Gasteiger partial charge in [0.15, 0.2) is 0 Å². The second-order valence-corrected chi connectivity index (χ2v) is 7.96. The molecule has 0 aromatic heterocycles. The third-order valence-electron chi connectivity index (χ3n) is 5.98. The third kappa shape index (κ3) is 9.49. The molecule has 0 heterocycles. The molecule has 0 aliphatic heterocycles. The van der Waals surface area contributed by atoms with Crippen LogP contribution in [-0.4, -0.2) is 0 Å². The Bertz CT molecular complexity index is 1310. The number of allylic oxidation sites excluding steroid dienone is 6. The molecule has 0 atom stereocenters. The lowest BCUT2D eigenvalue weighted by Gasteiger charge is -2.13. The molecule has 0 amide bonds. The van der Waals surface area contributed by atoms with E-state index < -0.39 is 0 Å². The zero-order chi connectivity index (χ0) is 29.1. The summed E-state index contributed by atoms with van der Waals surface area (Å²) >= 11 is 0. The Kier molecular flexibility index (Phi) is 17.9. The summed E-state index contributed by atoms with van der Waals surface area (Å²) in [5, 5.41) is 5.13. The molecule has 0 bridgehead atoms. The molecule has 4 aromatic carbocycles. The maximum absolute atomic E-state index is 2.31. The molecule has 0 unspecified atom stereocenters. The van der Waals surface area contributed by atoms with Crippen LogP contribution < -0.4 is 0 Å². The molecule has 4 rings (SSSR count). The molecule has 0 aliphatic carbocycles. The number of fused-ring (bicyclic) bond motifs is 2. The van der Waals surface area contributed by atoms with Crippen molar-refractivity contribution in [3.63, 3.8) is 0 Å². The quantitative estimate of drug-likeness (QED) is 0.240. The van der Waals surface area contributed by atoms with Crippen molar-refractivity contribution in [2.24, 2.45) is 0 Å². The van der Waals surface area contributed by atoms with E-state index in [1.165, 1.54) is 55.0 Å². The largest absolute Gasteiger partial charge is 0.0795 e. The van der Waals surface area contributed by atoms with Crippen molar-refractivity contribution in [3.05, 3.63) is 119 Å². The van der Waals surface area contributed by atoms with Gasteiger partial charge in [0.1, 0.15) is 0 Å². The molecule has 0 saturated carbocycles. The van der Waals surface area contributed by atoms with Gasteiger partial charge in [-0.05, 0) is 94.8 Å². The summed E-state index contributed by atoms with van der Waals surface area (Å²) in [7, 11) is 0. The van der Waals surface area contributed by atoms with E-state index in [-0.39, 0.29) is 0 Å². The van der Waals surface area contributed by atoms with Crippen molar-refractivity contribution in [2.45, 2.75) is 83.1 Å². The van der Waals surface area contributed by atoms with E-state index in [1.807, 2.05) is 55.4 Å². The summed E-state index contributed by atoms with van der Waals surface area (Å²) < 4.78 is 0. The molecule has 0 N–H and O–H groups in total. The van der Waals surface area contributed by atoms with Gasteiger partial charge in [-0.2, -0.15) is 0 Å². The first-order chi connectivity index (χ1) is 18.6. The van der Waals surface area contributed by atoms with Crippen LogP contribution in [0.3, 0.4) is 0 Å². The van der Waals surface area contributed by atoms with Crippen LogP contribution in [0.25, 0.3) is 32.7 Å². The van der Waals surface area contributed by atoms with Crippen LogP contribution >= 0.6 is 0 Å². The van der Waals surface area contributed by atoms with E-state index >= 15 is 0 Å². The number of rotatable bonds is 4. The lowest BCUT2D eigenvalue weighted by Crippen LogP contribution is -1.91. The van der Waals surface area contributed by atoms with Crippen LogP contribution in [0, 0.1) is 0 Å². The zero-order valence-electron chi connectivity index (χ0n) is 26.2. The Morgan fingerprint density at radius 1 is 0.500 bits per heavy atom. The average Bonchev–Trinajstić information content (AvgIpc) is 3.01. The van der Waals surface area contributed by atoms with Gasteiger partial charge in [0.2, 0.25) is 0 Å². The highest BCUT2D eigenvalue weighted by Crippen LogP contribution is 2.30. The van der Waals surface area contributed by atoms with Gasteiger partial charge in [0.05, 0.1) is 0 Å². The van der Waals surface area contributed by atoms with Gasteiger partial charge in [-0.1, -0.05) is 140 Å². The van der Waals surface area contributed by atoms with E-state index in [1.54, 1.807) is 0 Å². The van der Waals surface area contributed by atoms with Crippen LogP contribution in [0.2, 0.25) is 0 Å². The molecular formula is C38H52. The zero-order valence-corrected chi connectivity index (χ0v) is 26.2. The van der Waals surface area contributed by atoms with Gasteiger partial charge in [-0.25, -0.2) is 0 Å². The highest BCUT2D eigenvalue weighted by Gasteiger charge is 2.07. The molecule has 0 spiro atoms. The standard InChI is InChI=1S/C30H28.4C2H6/c1-5-30(29-17-15-25-11-7-9-13-28(25)20-29)23(4)21(2)18-22(3)26-16-14-24-10-6-8-12-27(24)19-26;4*1-2/h5-20H,1-4H3;4*1-2H3/b22-18+,23-21+,30-5+;;;;. The number of hydrogen-bond donors (Lipinski definition) is 0. The minimum absolute atomic E-state index is 1.27. The van der Waals surface area contributed by atoms with E-state index in [2.05, 4.69) is 125 Å². The second kappa shape index (κ2) is 19.7. The predicted molar refractivity (Wildman–Crippen MR) is 179 cm³/mol. The number of hydrogen-bond acceptors (Lipinski definition) is 0. The summed E-state index contributed by atoms with van der Waals surface area (Å²) in [6, 6.07) is 30.5. The normalized spacial score (nSPS) is 11.4. The highest BCUT2D eigenvalue weighted by molar-refractivity contribution is 5.90. The Labute approximate surface area is 234 Å². The SMILES string of the molecule is CC.CC.CC.CC.C\C=C(/C(C)=C(C)/C=C(\C)c1ccc2ccccc2c1)c1ccc2ccccc2c1. The van der Waals surface area contributed by atoms with Crippen LogP contribution in [-0.2, 0) is 0 Å². The van der Waals surface area contributed by atoms with E-state index in [0.717, 1.165) is 0 Å². The Hall–Kier alpha value is -3.38. The van der Waals surface area contributed by atoms with E-state index in [4.69, 9.17) is 0 Å². The topological polar surface area (TPSA) is 0 Å². The minimum atomic E-state index is 1.27. The minimum Gasteiger partial charge on any atom is -0.0795 e. The fourth-order valence-corrected chi connectivity index (χ4v) is 4.12. The summed E-state index contributed by atoms with van der Waals surface area (Å²) in [6.45, 7) is 24.8. The average molecular weight is 509 g/mol. The molecule has 0 fully saturated rings. The predicted octanol–water partition coefficient (Wildman–Crippen LogP) is 12.9. The molecular weight excluding hydrogens is 456 g/mol. The first-order valence-corrected chi connectivity index (χ1v) is 14.6. The van der Waals surface area contributed by atoms with Crippen molar-refractivity contribution in [2.75, 3.05) is 0 Å². The molecule has 204 valence electrons. The van der Waals surface area contributed by atoms with Crippen molar-refractivity contribution in [1.29, 1.82) is 0 Å². The Balaban J connectivity index is 0.00000157. The maximum atomic E-state index is 2.31. The lowest BCUT2D eigenvalue weighted by molar-refractivity contribution is 1.37. The van der Waals surface area contributed by atoms with Crippen LogP contribution in [0.1, 0.15) is 94.2 Å².